The van der Waals surface area contributed by atoms with Crippen LogP contribution in [0.25, 0.3) is 10.9 Å². The van der Waals surface area contributed by atoms with Gasteiger partial charge in [0.05, 0.1) is 13.2 Å². The van der Waals surface area contributed by atoms with Crippen molar-refractivity contribution in [1.82, 2.24) is 10.3 Å². The van der Waals surface area contributed by atoms with Crippen molar-refractivity contribution in [3.8, 4) is 11.5 Å². The average Bonchev–Trinajstić information content (AvgIpc) is 3.21. The highest BCUT2D eigenvalue weighted by molar-refractivity contribution is 5.86. The maximum absolute atomic E-state index is 6.10. The van der Waals surface area contributed by atoms with E-state index in [1.807, 2.05) is 18.2 Å². The molecule has 3 aromatic carbocycles. The molecule has 0 aliphatic carbocycles. The standard InChI is InChI=1S/C28H30N2O2/c1-18(2)23-15-20(9-12-26(23)31-3)27-28-22(13-14-29-27)24-16-21(10-11-25(24)30-28)32-17-19-7-5-4-6-8-19/h4-12,15-16,18,27,29-30H,13-14,17H2,1-3H3. The molecule has 32 heavy (non-hydrogen) atoms. The summed E-state index contributed by atoms with van der Waals surface area (Å²) in [6.45, 7) is 5.94. The molecule has 1 aliphatic heterocycles. The van der Waals surface area contributed by atoms with Crippen LogP contribution in [0.4, 0.5) is 0 Å². The van der Waals surface area contributed by atoms with Crippen LogP contribution in [0.5, 0.6) is 11.5 Å². The van der Waals surface area contributed by atoms with Crippen molar-refractivity contribution < 1.29 is 9.47 Å². The van der Waals surface area contributed by atoms with Crippen LogP contribution in [0.3, 0.4) is 0 Å². The number of methoxy groups -OCH3 is 1. The SMILES string of the molecule is COc1ccc(C2NCCc3c2[nH]c2ccc(OCc4ccccc4)cc32)cc1C(C)C. The minimum atomic E-state index is 0.142. The highest BCUT2D eigenvalue weighted by Gasteiger charge is 2.26. The van der Waals surface area contributed by atoms with Crippen LogP contribution < -0.4 is 14.8 Å². The predicted octanol–water partition coefficient (Wildman–Crippen LogP) is 6.11. The summed E-state index contributed by atoms with van der Waals surface area (Å²) in [5, 5.41) is 4.97. The van der Waals surface area contributed by atoms with Crippen molar-refractivity contribution in [2.75, 3.05) is 13.7 Å². The lowest BCUT2D eigenvalue weighted by Crippen LogP contribution is -2.30. The minimum Gasteiger partial charge on any atom is -0.496 e. The lowest BCUT2D eigenvalue weighted by Gasteiger charge is -2.26. The largest absolute Gasteiger partial charge is 0.496 e. The molecule has 2 N–H and O–H groups in total. The number of fused-ring (bicyclic) bond motifs is 3. The summed E-state index contributed by atoms with van der Waals surface area (Å²) in [5.41, 5.74) is 7.48. The number of ether oxygens (including phenoxy) is 2. The number of aromatic amines is 1. The van der Waals surface area contributed by atoms with Gasteiger partial charge in [-0.3, -0.25) is 0 Å². The van der Waals surface area contributed by atoms with Crippen LogP contribution >= 0.6 is 0 Å². The van der Waals surface area contributed by atoms with E-state index in [-0.39, 0.29) is 6.04 Å². The average molecular weight is 427 g/mol. The molecular formula is C28H30N2O2. The Bertz CT molecular complexity index is 1230. The maximum atomic E-state index is 6.10. The molecule has 1 unspecified atom stereocenters. The third kappa shape index (κ3) is 3.87. The summed E-state index contributed by atoms with van der Waals surface area (Å²) in [4.78, 5) is 3.69. The minimum absolute atomic E-state index is 0.142. The first-order chi connectivity index (χ1) is 15.6. The van der Waals surface area contributed by atoms with Crippen LogP contribution in [-0.2, 0) is 13.0 Å². The van der Waals surface area contributed by atoms with Gasteiger partial charge in [-0.05, 0) is 64.9 Å². The second kappa shape index (κ2) is 8.71. The Labute approximate surface area is 189 Å². The van der Waals surface area contributed by atoms with E-state index in [0.717, 1.165) is 30.0 Å². The predicted molar refractivity (Wildman–Crippen MR) is 130 cm³/mol. The molecule has 1 atom stereocenters. The van der Waals surface area contributed by atoms with Gasteiger partial charge in [0.25, 0.3) is 0 Å². The van der Waals surface area contributed by atoms with Crippen molar-refractivity contribution >= 4 is 10.9 Å². The summed E-state index contributed by atoms with van der Waals surface area (Å²) in [6.07, 6.45) is 1.00. The zero-order chi connectivity index (χ0) is 22.1. The zero-order valence-electron chi connectivity index (χ0n) is 18.9. The third-order valence-electron chi connectivity index (χ3n) is 6.38. The number of benzene rings is 3. The van der Waals surface area contributed by atoms with Crippen LogP contribution in [0.15, 0.2) is 66.7 Å². The Morgan fingerprint density at radius 1 is 1.00 bits per heavy atom. The summed E-state index contributed by atoms with van der Waals surface area (Å²) in [7, 11) is 1.74. The summed E-state index contributed by atoms with van der Waals surface area (Å²) in [6, 6.07) is 23.4. The molecule has 4 aromatic rings. The molecule has 4 heteroatoms. The molecule has 0 spiro atoms. The normalized spacial score (nSPS) is 15.7. The van der Waals surface area contributed by atoms with Crippen molar-refractivity contribution in [2.45, 2.75) is 38.8 Å². The van der Waals surface area contributed by atoms with Gasteiger partial charge in [0.15, 0.2) is 0 Å². The summed E-state index contributed by atoms with van der Waals surface area (Å²) >= 11 is 0. The van der Waals surface area contributed by atoms with Crippen molar-refractivity contribution in [3.63, 3.8) is 0 Å². The molecule has 164 valence electrons. The smallest absolute Gasteiger partial charge is 0.122 e. The first kappa shape index (κ1) is 20.7. The molecule has 1 aromatic heterocycles. The van der Waals surface area contributed by atoms with Crippen LogP contribution in [0.1, 0.15) is 53.8 Å². The fourth-order valence-corrected chi connectivity index (χ4v) is 4.71. The van der Waals surface area contributed by atoms with E-state index in [4.69, 9.17) is 9.47 Å². The monoisotopic (exact) mass is 426 g/mol. The molecule has 0 radical (unpaired) electrons. The highest BCUT2D eigenvalue weighted by Crippen LogP contribution is 2.37. The summed E-state index contributed by atoms with van der Waals surface area (Å²) < 4.78 is 11.7. The zero-order valence-corrected chi connectivity index (χ0v) is 18.9. The molecule has 0 saturated carbocycles. The van der Waals surface area contributed by atoms with Gasteiger partial charge in [-0.2, -0.15) is 0 Å². The lowest BCUT2D eigenvalue weighted by atomic mass is 9.91. The number of rotatable bonds is 6. The molecule has 0 fully saturated rings. The van der Waals surface area contributed by atoms with E-state index >= 15 is 0 Å². The van der Waals surface area contributed by atoms with E-state index in [1.54, 1.807) is 7.11 Å². The van der Waals surface area contributed by atoms with Gasteiger partial charge >= 0.3 is 0 Å². The van der Waals surface area contributed by atoms with Gasteiger partial charge in [0.2, 0.25) is 0 Å². The Balaban J connectivity index is 1.47. The van der Waals surface area contributed by atoms with Crippen molar-refractivity contribution in [1.29, 1.82) is 0 Å². The second-order valence-corrected chi connectivity index (χ2v) is 8.79. The Kier molecular flexibility index (Phi) is 5.62. The van der Waals surface area contributed by atoms with E-state index in [1.165, 1.54) is 33.3 Å². The van der Waals surface area contributed by atoms with Gasteiger partial charge in [0, 0.05) is 23.1 Å². The van der Waals surface area contributed by atoms with E-state index < -0.39 is 0 Å². The van der Waals surface area contributed by atoms with Gasteiger partial charge in [-0.25, -0.2) is 0 Å². The highest BCUT2D eigenvalue weighted by atomic mass is 16.5. The van der Waals surface area contributed by atoms with Crippen molar-refractivity contribution in [3.05, 3.63) is 94.7 Å². The van der Waals surface area contributed by atoms with Gasteiger partial charge in [-0.1, -0.05) is 50.2 Å². The fourth-order valence-electron chi connectivity index (χ4n) is 4.71. The van der Waals surface area contributed by atoms with Crippen LogP contribution in [-0.4, -0.2) is 18.6 Å². The first-order valence-corrected chi connectivity index (χ1v) is 11.4. The van der Waals surface area contributed by atoms with E-state index in [0.29, 0.717) is 12.5 Å². The van der Waals surface area contributed by atoms with Crippen LogP contribution in [0.2, 0.25) is 0 Å². The summed E-state index contributed by atoms with van der Waals surface area (Å²) in [5.74, 6) is 2.27. The Morgan fingerprint density at radius 3 is 2.62 bits per heavy atom. The molecule has 2 heterocycles. The van der Waals surface area contributed by atoms with Crippen LogP contribution in [0, 0.1) is 0 Å². The third-order valence-corrected chi connectivity index (χ3v) is 6.38. The topological polar surface area (TPSA) is 46.3 Å². The molecule has 0 saturated heterocycles. The van der Waals surface area contributed by atoms with Gasteiger partial charge < -0.3 is 19.8 Å². The maximum Gasteiger partial charge on any atom is 0.122 e. The lowest BCUT2D eigenvalue weighted by molar-refractivity contribution is 0.306. The molecular weight excluding hydrogens is 396 g/mol. The van der Waals surface area contributed by atoms with Crippen molar-refractivity contribution in [2.24, 2.45) is 0 Å². The number of hydrogen-bond donors (Lipinski definition) is 2. The molecule has 0 amide bonds. The van der Waals surface area contributed by atoms with Gasteiger partial charge in [0.1, 0.15) is 18.1 Å². The number of aromatic nitrogens is 1. The number of H-pyrrole nitrogens is 1. The van der Waals surface area contributed by atoms with E-state index in [2.05, 4.69) is 72.7 Å². The quantitative estimate of drug-likeness (QED) is 0.391. The first-order valence-electron chi connectivity index (χ1n) is 11.4. The molecule has 4 nitrogen and oxygen atoms in total. The fraction of sp³-hybridized carbons (Fsp3) is 0.286. The number of nitrogens with one attached hydrogen (secondary N) is 2. The van der Waals surface area contributed by atoms with E-state index in [9.17, 15) is 0 Å². The molecule has 1 aliphatic rings. The molecule has 0 bridgehead atoms. The molecule has 5 rings (SSSR count). The number of hydrogen-bond acceptors (Lipinski definition) is 3. The van der Waals surface area contributed by atoms with Gasteiger partial charge in [-0.15, -0.1) is 0 Å². The second-order valence-electron chi connectivity index (χ2n) is 8.79. The Hall–Kier alpha value is -3.24. The Morgan fingerprint density at radius 2 is 1.84 bits per heavy atom.